The number of nitrogens with zero attached hydrogens (tertiary/aromatic N) is 3. The summed E-state index contributed by atoms with van der Waals surface area (Å²) < 4.78 is 23.9. The second-order valence-electron chi connectivity index (χ2n) is 7.84. The predicted octanol–water partition coefficient (Wildman–Crippen LogP) is 3.14. The third-order valence-corrected chi connectivity index (χ3v) is 5.25. The number of methoxy groups -OCH3 is 1. The molecule has 0 fully saturated rings. The van der Waals surface area contributed by atoms with Crippen LogP contribution in [-0.2, 0) is 25.7 Å². The first-order valence-electron chi connectivity index (χ1n) is 10.4. The van der Waals surface area contributed by atoms with Crippen LogP contribution in [0.5, 0.6) is 5.75 Å². The maximum absolute atomic E-state index is 13.9. The van der Waals surface area contributed by atoms with Gasteiger partial charge in [-0.05, 0) is 48.7 Å². The molecule has 174 valence electrons. The van der Waals surface area contributed by atoms with Gasteiger partial charge in [-0.15, -0.1) is 0 Å². The monoisotopic (exact) mass is 455 g/mol. The number of likely N-dealkylation sites (N-methyl/N-ethyl adjacent to an activating group) is 1. The van der Waals surface area contributed by atoms with Crippen LogP contribution in [0.4, 0.5) is 10.1 Å². The number of rotatable bonds is 7. The fourth-order valence-corrected chi connectivity index (χ4v) is 3.33. The van der Waals surface area contributed by atoms with Crippen molar-refractivity contribution in [1.82, 2.24) is 4.90 Å². The van der Waals surface area contributed by atoms with E-state index in [1.165, 1.54) is 36.2 Å². The van der Waals surface area contributed by atoms with Gasteiger partial charge >= 0.3 is 5.97 Å². The summed E-state index contributed by atoms with van der Waals surface area (Å²) in [5.74, 6) is -1.85. The molecule has 0 N–H and O–H groups in total. The van der Waals surface area contributed by atoms with E-state index in [0.717, 1.165) is 11.1 Å². The largest absolute Gasteiger partial charge is 0.494 e. The number of ether oxygens (including phenoxy) is 2. The number of esters is 1. The summed E-state index contributed by atoms with van der Waals surface area (Å²) in [7, 11) is 2.90. The van der Waals surface area contributed by atoms with Crippen LogP contribution in [0.1, 0.15) is 29.5 Å². The Morgan fingerprint density at radius 3 is 2.61 bits per heavy atom. The number of carbonyl (C=O) groups excluding carboxylic acids is 3. The molecule has 0 atom stereocenters. The van der Waals surface area contributed by atoms with Crippen LogP contribution in [0.25, 0.3) is 0 Å². The third-order valence-electron chi connectivity index (χ3n) is 5.25. The van der Waals surface area contributed by atoms with Gasteiger partial charge in [0, 0.05) is 26.4 Å². The number of carbonyl (C=O) groups is 3. The van der Waals surface area contributed by atoms with Crippen LogP contribution in [0.2, 0.25) is 0 Å². The van der Waals surface area contributed by atoms with Crippen molar-refractivity contribution in [2.24, 2.45) is 5.10 Å². The van der Waals surface area contributed by atoms with E-state index in [1.807, 2.05) is 32.0 Å². The van der Waals surface area contributed by atoms with Crippen LogP contribution in [0.3, 0.4) is 0 Å². The second kappa shape index (κ2) is 10.2. The molecule has 2 aromatic rings. The number of hydrazone groups is 1. The second-order valence-corrected chi connectivity index (χ2v) is 7.84. The lowest BCUT2D eigenvalue weighted by Crippen LogP contribution is -2.37. The minimum Gasteiger partial charge on any atom is -0.494 e. The van der Waals surface area contributed by atoms with E-state index < -0.39 is 24.3 Å². The molecule has 0 spiro atoms. The van der Waals surface area contributed by atoms with Gasteiger partial charge in [0.15, 0.2) is 18.2 Å². The average molecular weight is 455 g/mol. The Hall–Kier alpha value is -3.75. The Bertz CT molecular complexity index is 1120. The van der Waals surface area contributed by atoms with Crippen LogP contribution in [0.15, 0.2) is 41.5 Å². The van der Waals surface area contributed by atoms with Crippen LogP contribution in [-0.4, -0.2) is 49.2 Å². The van der Waals surface area contributed by atoms with Crippen LogP contribution in [0, 0.1) is 19.7 Å². The van der Waals surface area contributed by atoms with Gasteiger partial charge in [0.25, 0.3) is 5.91 Å². The lowest BCUT2D eigenvalue weighted by atomic mass is 10.1. The molecule has 1 aliphatic heterocycles. The molecule has 0 radical (unpaired) electrons. The van der Waals surface area contributed by atoms with E-state index >= 15 is 0 Å². The SMILES string of the molecule is COc1ccc(CN(C)C(=O)COC(=O)C2=NN(c3cc(C)ccc3C)C(=O)CC2)cc1F. The molecular weight excluding hydrogens is 429 g/mol. The summed E-state index contributed by atoms with van der Waals surface area (Å²) in [4.78, 5) is 38.6. The summed E-state index contributed by atoms with van der Waals surface area (Å²) in [6.45, 7) is 3.39. The third kappa shape index (κ3) is 5.74. The molecule has 3 rings (SSSR count). The molecule has 0 unspecified atom stereocenters. The Kier molecular flexibility index (Phi) is 7.42. The highest BCUT2D eigenvalue weighted by atomic mass is 19.1. The smallest absolute Gasteiger partial charge is 0.355 e. The molecule has 9 heteroatoms. The van der Waals surface area contributed by atoms with E-state index in [4.69, 9.17) is 9.47 Å². The first-order valence-corrected chi connectivity index (χ1v) is 10.4. The molecule has 2 aromatic carbocycles. The van der Waals surface area contributed by atoms with Crippen molar-refractivity contribution < 1.29 is 28.2 Å². The zero-order chi connectivity index (χ0) is 24.1. The molecule has 0 aliphatic carbocycles. The van der Waals surface area contributed by atoms with E-state index in [1.54, 1.807) is 6.07 Å². The van der Waals surface area contributed by atoms with Gasteiger partial charge in [-0.25, -0.2) is 9.18 Å². The van der Waals surface area contributed by atoms with Crippen molar-refractivity contribution in [1.29, 1.82) is 0 Å². The van der Waals surface area contributed by atoms with Gasteiger partial charge in [-0.2, -0.15) is 10.1 Å². The zero-order valence-electron chi connectivity index (χ0n) is 19.1. The molecule has 33 heavy (non-hydrogen) atoms. The molecule has 2 amide bonds. The van der Waals surface area contributed by atoms with Crippen molar-refractivity contribution in [3.8, 4) is 5.75 Å². The number of hydrogen-bond acceptors (Lipinski definition) is 6. The highest BCUT2D eigenvalue weighted by Crippen LogP contribution is 2.25. The number of amides is 2. The number of hydrogen-bond donors (Lipinski definition) is 0. The van der Waals surface area contributed by atoms with Crippen LogP contribution >= 0.6 is 0 Å². The quantitative estimate of drug-likeness (QED) is 0.599. The number of anilines is 1. The van der Waals surface area contributed by atoms with E-state index in [2.05, 4.69) is 5.10 Å². The minimum absolute atomic E-state index is 0.0724. The Morgan fingerprint density at radius 2 is 1.91 bits per heavy atom. The summed E-state index contributed by atoms with van der Waals surface area (Å²) in [5, 5.41) is 5.42. The molecule has 8 nitrogen and oxygen atoms in total. The van der Waals surface area contributed by atoms with Gasteiger partial charge < -0.3 is 14.4 Å². The molecule has 0 bridgehead atoms. The summed E-state index contributed by atoms with van der Waals surface area (Å²) >= 11 is 0. The minimum atomic E-state index is -0.755. The molecule has 0 saturated heterocycles. The van der Waals surface area contributed by atoms with Gasteiger partial charge in [0.1, 0.15) is 5.71 Å². The molecule has 1 heterocycles. The summed E-state index contributed by atoms with van der Waals surface area (Å²) in [6, 6.07) is 10.0. The van der Waals surface area contributed by atoms with Crippen molar-refractivity contribution in [3.63, 3.8) is 0 Å². The van der Waals surface area contributed by atoms with E-state index in [-0.39, 0.29) is 36.8 Å². The maximum Gasteiger partial charge on any atom is 0.355 e. The summed E-state index contributed by atoms with van der Waals surface area (Å²) in [6.07, 6.45) is 0.242. The lowest BCUT2D eigenvalue weighted by Gasteiger charge is -2.24. The van der Waals surface area contributed by atoms with Crippen molar-refractivity contribution in [3.05, 3.63) is 58.9 Å². The van der Waals surface area contributed by atoms with Crippen molar-refractivity contribution in [2.75, 3.05) is 25.8 Å². The highest BCUT2D eigenvalue weighted by molar-refractivity contribution is 6.38. The Balaban J connectivity index is 1.62. The Morgan fingerprint density at radius 1 is 1.15 bits per heavy atom. The highest BCUT2D eigenvalue weighted by Gasteiger charge is 2.28. The fourth-order valence-electron chi connectivity index (χ4n) is 3.33. The van der Waals surface area contributed by atoms with E-state index in [9.17, 15) is 18.8 Å². The summed E-state index contributed by atoms with van der Waals surface area (Å²) in [5.41, 5.74) is 3.04. The van der Waals surface area contributed by atoms with Gasteiger partial charge in [0.05, 0.1) is 12.8 Å². The topological polar surface area (TPSA) is 88.5 Å². The van der Waals surface area contributed by atoms with Crippen molar-refractivity contribution >= 4 is 29.2 Å². The van der Waals surface area contributed by atoms with Gasteiger partial charge in [0.2, 0.25) is 5.91 Å². The predicted molar refractivity (Wildman–Crippen MR) is 120 cm³/mol. The maximum atomic E-state index is 13.9. The number of halogens is 1. The zero-order valence-corrected chi connectivity index (χ0v) is 19.1. The molecule has 1 aliphatic rings. The number of benzene rings is 2. The molecule has 0 aromatic heterocycles. The molecule has 0 saturated carbocycles. The first kappa shape index (κ1) is 23.9. The fraction of sp³-hybridized carbons (Fsp3) is 0.333. The van der Waals surface area contributed by atoms with Gasteiger partial charge in [-0.1, -0.05) is 18.2 Å². The van der Waals surface area contributed by atoms with Crippen molar-refractivity contribution in [2.45, 2.75) is 33.2 Å². The van der Waals surface area contributed by atoms with E-state index in [0.29, 0.717) is 11.3 Å². The normalized spacial score (nSPS) is 13.4. The lowest BCUT2D eigenvalue weighted by molar-refractivity contribution is -0.146. The van der Waals surface area contributed by atoms with Crippen LogP contribution < -0.4 is 9.75 Å². The Labute approximate surface area is 191 Å². The number of aryl methyl sites for hydroxylation is 2. The molecular formula is C24H26FN3O5. The standard InChI is InChI=1S/C24H26FN3O5/c1-15-5-6-16(2)20(11-15)28-22(29)10-8-19(26-28)24(31)33-14-23(30)27(3)13-17-7-9-21(32-4)18(25)12-17/h5-7,9,11-12H,8,10,13-14H2,1-4H3. The average Bonchev–Trinajstić information content (AvgIpc) is 2.79. The van der Waals surface area contributed by atoms with Gasteiger partial charge in [-0.3, -0.25) is 9.59 Å². The first-order chi connectivity index (χ1) is 15.7.